The largest absolute Gasteiger partial charge is 0.394 e. The molecule has 0 spiro atoms. The Morgan fingerprint density at radius 3 is 2.41 bits per heavy atom. The van der Waals surface area contributed by atoms with Gasteiger partial charge in [0.05, 0.1) is 18.8 Å². The van der Waals surface area contributed by atoms with Crippen molar-refractivity contribution >= 4 is 5.69 Å². The Bertz CT molecular complexity index is 363. The molecule has 3 atom stereocenters. The summed E-state index contributed by atoms with van der Waals surface area (Å²) in [7, 11) is 3.99. The average Bonchev–Trinajstić information content (AvgIpc) is 2.70. The fraction of sp³-hybridized carbons (Fsp3) is 0.538. The van der Waals surface area contributed by atoms with Gasteiger partial charge in [-0.2, -0.15) is 0 Å². The number of ether oxygens (including phenoxy) is 1. The van der Waals surface area contributed by atoms with Crippen LogP contribution in [-0.4, -0.2) is 43.1 Å². The van der Waals surface area contributed by atoms with Gasteiger partial charge in [-0.15, -0.1) is 0 Å². The standard InChI is InChI=1S/C13H19NO3/c1-14(2)10-5-3-9(4-6-10)12-7-11(16)13(8-15)17-12/h3-6,11-13,15-16H,7-8H2,1-2H3. The summed E-state index contributed by atoms with van der Waals surface area (Å²) in [5.41, 5.74) is 2.18. The summed E-state index contributed by atoms with van der Waals surface area (Å²) in [5.74, 6) is 0. The Morgan fingerprint density at radius 2 is 1.94 bits per heavy atom. The molecule has 1 heterocycles. The second-order valence-corrected chi connectivity index (χ2v) is 4.63. The van der Waals surface area contributed by atoms with E-state index < -0.39 is 12.2 Å². The van der Waals surface area contributed by atoms with Crippen molar-refractivity contribution in [3.05, 3.63) is 29.8 Å². The zero-order valence-electron chi connectivity index (χ0n) is 10.2. The predicted molar refractivity (Wildman–Crippen MR) is 66.1 cm³/mol. The number of nitrogens with zero attached hydrogens (tertiary/aromatic N) is 1. The molecule has 2 N–H and O–H groups in total. The molecule has 4 nitrogen and oxygen atoms in total. The molecule has 0 bridgehead atoms. The van der Waals surface area contributed by atoms with Gasteiger partial charge < -0.3 is 19.8 Å². The molecular weight excluding hydrogens is 218 g/mol. The van der Waals surface area contributed by atoms with Crippen LogP contribution in [0.1, 0.15) is 18.1 Å². The van der Waals surface area contributed by atoms with Crippen LogP contribution in [0.3, 0.4) is 0 Å². The van der Waals surface area contributed by atoms with Crippen molar-refractivity contribution in [3.63, 3.8) is 0 Å². The van der Waals surface area contributed by atoms with Gasteiger partial charge in [0, 0.05) is 26.2 Å². The molecule has 0 aliphatic carbocycles. The lowest BCUT2D eigenvalue weighted by Crippen LogP contribution is -2.24. The van der Waals surface area contributed by atoms with Crippen LogP contribution in [0.25, 0.3) is 0 Å². The van der Waals surface area contributed by atoms with Crippen molar-refractivity contribution in [1.29, 1.82) is 0 Å². The van der Waals surface area contributed by atoms with E-state index in [0.29, 0.717) is 6.42 Å². The minimum atomic E-state index is -0.571. The van der Waals surface area contributed by atoms with E-state index in [0.717, 1.165) is 11.3 Å². The fourth-order valence-electron chi connectivity index (χ4n) is 2.09. The smallest absolute Gasteiger partial charge is 0.107 e. The van der Waals surface area contributed by atoms with Crippen LogP contribution in [0.2, 0.25) is 0 Å². The van der Waals surface area contributed by atoms with Gasteiger partial charge in [-0.25, -0.2) is 0 Å². The lowest BCUT2D eigenvalue weighted by Gasteiger charge is -2.15. The number of aliphatic hydroxyl groups excluding tert-OH is 2. The van der Waals surface area contributed by atoms with Gasteiger partial charge in [-0.1, -0.05) is 12.1 Å². The lowest BCUT2D eigenvalue weighted by atomic mass is 10.0. The first-order valence-corrected chi connectivity index (χ1v) is 5.83. The van der Waals surface area contributed by atoms with Crippen molar-refractivity contribution in [1.82, 2.24) is 0 Å². The van der Waals surface area contributed by atoms with Gasteiger partial charge in [-0.05, 0) is 17.7 Å². The van der Waals surface area contributed by atoms with Crippen molar-refractivity contribution in [2.45, 2.75) is 24.7 Å². The van der Waals surface area contributed by atoms with Crippen LogP contribution in [0.5, 0.6) is 0 Å². The number of rotatable bonds is 3. The Morgan fingerprint density at radius 1 is 1.29 bits per heavy atom. The molecule has 1 aliphatic heterocycles. The average molecular weight is 237 g/mol. The summed E-state index contributed by atoms with van der Waals surface area (Å²) in [6.07, 6.45) is -0.586. The van der Waals surface area contributed by atoms with E-state index in [4.69, 9.17) is 9.84 Å². The summed E-state index contributed by atoms with van der Waals surface area (Å²) >= 11 is 0. The van der Waals surface area contributed by atoms with Crippen LogP contribution in [-0.2, 0) is 4.74 Å². The zero-order chi connectivity index (χ0) is 12.4. The first-order chi connectivity index (χ1) is 8.11. The Balaban J connectivity index is 2.08. The molecule has 1 fully saturated rings. The third-order valence-corrected chi connectivity index (χ3v) is 3.19. The second-order valence-electron chi connectivity index (χ2n) is 4.63. The van der Waals surface area contributed by atoms with Gasteiger partial charge >= 0.3 is 0 Å². The van der Waals surface area contributed by atoms with Crippen molar-refractivity contribution in [3.8, 4) is 0 Å². The normalized spacial score (nSPS) is 28.4. The molecule has 17 heavy (non-hydrogen) atoms. The first kappa shape index (κ1) is 12.4. The van der Waals surface area contributed by atoms with E-state index in [1.54, 1.807) is 0 Å². The number of hydrogen-bond donors (Lipinski definition) is 2. The van der Waals surface area contributed by atoms with Gasteiger partial charge in [0.1, 0.15) is 6.10 Å². The molecule has 1 aromatic rings. The van der Waals surface area contributed by atoms with Crippen molar-refractivity contribution < 1.29 is 14.9 Å². The van der Waals surface area contributed by atoms with E-state index in [2.05, 4.69) is 0 Å². The molecule has 4 heteroatoms. The highest BCUT2D eigenvalue weighted by molar-refractivity contribution is 5.46. The first-order valence-electron chi connectivity index (χ1n) is 5.83. The highest BCUT2D eigenvalue weighted by Gasteiger charge is 2.34. The predicted octanol–water partition coefficient (Wildman–Crippen LogP) is 0.936. The van der Waals surface area contributed by atoms with Crippen LogP contribution >= 0.6 is 0 Å². The Kier molecular flexibility index (Phi) is 3.66. The minimum Gasteiger partial charge on any atom is -0.394 e. The summed E-state index contributed by atoms with van der Waals surface area (Å²) in [5, 5.41) is 18.7. The molecular formula is C13H19NO3. The SMILES string of the molecule is CN(C)c1ccc(C2CC(O)C(CO)O2)cc1. The lowest BCUT2D eigenvalue weighted by molar-refractivity contribution is -0.0225. The maximum atomic E-state index is 9.67. The highest BCUT2D eigenvalue weighted by atomic mass is 16.5. The highest BCUT2D eigenvalue weighted by Crippen LogP contribution is 2.33. The quantitative estimate of drug-likeness (QED) is 0.821. The molecule has 0 radical (unpaired) electrons. The summed E-state index contributed by atoms with van der Waals surface area (Å²) in [6, 6.07) is 8.06. The minimum absolute atomic E-state index is 0.113. The summed E-state index contributed by atoms with van der Waals surface area (Å²) in [4.78, 5) is 2.03. The molecule has 1 aliphatic rings. The Hall–Kier alpha value is -1.10. The molecule has 1 saturated heterocycles. The van der Waals surface area contributed by atoms with Crippen LogP contribution in [0, 0.1) is 0 Å². The van der Waals surface area contributed by atoms with E-state index in [1.165, 1.54) is 0 Å². The fourth-order valence-corrected chi connectivity index (χ4v) is 2.09. The summed E-state index contributed by atoms with van der Waals surface area (Å²) in [6.45, 7) is -0.131. The van der Waals surface area contributed by atoms with E-state index in [1.807, 2.05) is 43.3 Å². The van der Waals surface area contributed by atoms with Crippen LogP contribution in [0.4, 0.5) is 5.69 Å². The Labute approximate surface area is 101 Å². The third-order valence-electron chi connectivity index (χ3n) is 3.19. The van der Waals surface area contributed by atoms with E-state index in [9.17, 15) is 5.11 Å². The van der Waals surface area contributed by atoms with Gasteiger partial charge in [0.25, 0.3) is 0 Å². The molecule has 94 valence electrons. The molecule has 3 unspecified atom stereocenters. The van der Waals surface area contributed by atoms with Crippen LogP contribution < -0.4 is 4.90 Å². The van der Waals surface area contributed by atoms with Gasteiger partial charge in [0.2, 0.25) is 0 Å². The molecule has 0 aromatic heterocycles. The zero-order valence-corrected chi connectivity index (χ0v) is 10.2. The van der Waals surface area contributed by atoms with Gasteiger partial charge in [0.15, 0.2) is 0 Å². The van der Waals surface area contributed by atoms with E-state index in [-0.39, 0.29) is 12.7 Å². The van der Waals surface area contributed by atoms with Crippen LogP contribution in [0.15, 0.2) is 24.3 Å². The van der Waals surface area contributed by atoms with Crippen molar-refractivity contribution in [2.24, 2.45) is 0 Å². The monoisotopic (exact) mass is 237 g/mol. The number of benzene rings is 1. The molecule has 0 amide bonds. The molecule has 0 saturated carbocycles. The number of aliphatic hydroxyl groups is 2. The third kappa shape index (κ3) is 2.60. The topological polar surface area (TPSA) is 52.9 Å². The van der Waals surface area contributed by atoms with Gasteiger partial charge in [-0.3, -0.25) is 0 Å². The van der Waals surface area contributed by atoms with E-state index >= 15 is 0 Å². The maximum Gasteiger partial charge on any atom is 0.107 e. The molecule has 2 rings (SSSR count). The summed E-state index contributed by atoms with van der Waals surface area (Å²) < 4.78 is 5.60. The maximum absolute atomic E-state index is 9.67. The molecule has 1 aromatic carbocycles. The number of anilines is 1. The van der Waals surface area contributed by atoms with Crippen molar-refractivity contribution in [2.75, 3.05) is 25.6 Å². The second kappa shape index (κ2) is 5.04. The number of hydrogen-bond acceptors (Lipinski definition) is 4.